The van der Waals surface area contributed by atoms with E-state index < -0.39 is 0 Å². The molecular formula is C13H15FN2S. The molecule has 0 saturated heterocycles. The molecular weight excluding hydrogens is 235 g/mol. The Kier molecular flexibility index (Phi) is 3.86. The lowest BCUT2D eigenvalue weighted by molar-refractivity contribution is 0.600. The average Bonchev–Trinajstić information content (AvgIpc) is 2.83. The van der Waals surface area contributed by atoms with Crippen LogP contribution in [0.2, 0.25) is 0 Å². The molecule has 0 spiro atoms. The molecule has 1 unspecified atom stereocenters. The first kappa shape index (κ1) is 12.2. The molecule has 2 nitrogen and oxygen atoms in total. The van der Waals surface area contributed by atoms with Crippen molar-refractivity contribution in [2.24, 2.45) is 0 Å². The van der Waals surface area contributed by atoms with E-state index in [0.717, 1.165) is 17.0 Å². The highest BCUT2D eigenvalue weighted by Crippen LogP contribution is 2.26. The summed E-state index contributed by atoms with van der Waals surface area (Å²) >= 11 is 1.58. The summed E-state index contributed by atoms with van der Waals surface area (Å²) in [5, 5.41) is 3.35. The molecule has 17 heavy (non-hydrogen) atoms. The lowest BCUT2D eigenvalue weighted by atomic mass is 10.0. The van der Waals surface area contributed by atoms with E-state index in [2.05, 4.69) is 10.3 Å². The molecule has 0 aliphatic rings. The van der Waals surface area contributed by atoms with Crippen LogP contribution in [-0.4, -0.2) is 11.5 Å². The van der Waals surface area contributed by atoms with Crippen LogP contribution in [0.3, 0.4) is 0 Å². The van der Waals surface area contributed by atoms with Crippen LogP contribution < -0.4 is 5.32 Å². The van der Waals surface area contributed by atoms with Gasteiger partial charge in [-0.2, -0.15) is 0 Å². The summed E-state index contributed by atoms with van der Waals surface area (Å²) < 4.78 is 13.6. The Hall–Kier alpha value is -1.26. The van der Waals surface area contributed by atoms with Crippen molar-refractivity contribution in [1.82, 2.24) is 10.3 Å². The van der Waals surface area contributed by atoms with Crippen molar-refractivity contribution >= 4 is 11.3 Å². The molecule has 2 aromatic rings. The number of halogens is 1. The van der Waals surface area contributed by atoms with E-state index in [-0.39, 0.29) is 11.9 Å². The standard InChI is InChI=1S/C13H15FN2S/c1-3-16-13(12-7-15-8-17-12)10-5-4-9(2)11(14)6-10/h4-8,13,16H,3H2,1-2H3. The van der Waals surface area contributed by atoms with Gasteiger partial charge in [0.05, 0.1) is 11.6 Å². The first-order chi connectivity index (χ1) is 8.22. The fraction of sp³-hybridized carbons (Fsp3) is 0.308. The van der Waals surface area contributed by atoms with Gasteiger partial charge in [-0.15, -0.1) is 11.3 Å². The summed E-state index contributed by atoms with van der Waals surface area (Å²) in [6.45, 7) is 4.64. The maximum absolute atomic E-state index is 13.6. The molecule has 1 aromatic carbocycles. The second kappa shape index (κ2) is 5.38. The van der Waals surface area contributed by atoms with Gasteiger partial charge in [-0.1, -0.05) is 19.1 Å². The lowest BCUT2D eigenvalue weighted by Crippen LogP contribution is -2.21. The Labute approximate surface area is 105 Å². The maximum atomic E-state index is 13.6. The quantitative estimate of drug-likeness (QED) is 0.900. The molecule has 1 N–H and O–H groups in total. The Morgan fingerprint density at radius 1 is 1.47 bits per heavy atom. The number of benzene rings is 1. The molecule has 1 heterocycles. The van der Waals surface area contributed by atoms with Crippen molar-refractivity contribution < 1.29 is 4.39 Å². The molecule has 4 heteroatoms. The van der Waals surface area contributed by atoms with Gasteiger partial charge >= 0.3 is 0 Å². The minimum Gasteiger partial charge on any atom is -0.306 e. The van der Waals surface area contributed by atoms with Crippen molar-refractivity contribution in [2.75, 3.05) is 6.54 Å². The largest absolute Gasteiger partial charge is 0.306 e. The fourth-order valence-corrected chi connectivity index (χ4v) is 2.46. The average molecular weight is 250 g/mol. The molecule has 0 bridgehead atoms. The van der Waals surface area contributed by atoms with Crippen LogP contribution in [0.25, 0.3) is 0 Å². The lowest BCUT2D eigenvalue weighted by Gasteiger charge is -2.16. The number of rotatable bonds is 4. The van der Waals surface area contributed by atoms with Gasteiger partial charge in [0.1, 0.15) is 5.82 Å². The third-order valence-electron chi connectivity index (χ3n) is 2.67. The number of aromatic nitrogens is 1. The fourth-order valence-electron chi connectivity index (χ4n) is 1.74. The zero-order chi connectivity index (χ0) is 12.3. The molecule has 0 saturated carbocycles. The van der Waals surface area contributed by atoms with Gasteiger partial charge in [0, 0.05) is 11.1 Å². The van der Waals surface area contributed by atoms with E-state index in [9.17, 15) is 4.39 Å². The highest BCUT2D eigenvalue weighted by atomic mass is 32.1. The van der Waals surface area contributed by atoms with Crippen LogP contribution in [0.5, 0.6) is 0 Å². The molecule has 1 atom stereocenters. The van der Waals surface area contributed by atoms with E-state index in [4.69, 9.17) is 0 Å². The summed E-state index contributed by atoms with van der Waals surface area (Å²) in [7, 11) is 0. The summed E-state index contributed by atoms with van der Waals surface area (Å²) in [6, 6.07) is 5.41. The van der Waals surface area contributed by atoms with Gasteiger partial charge in [-0.3, -0.25) is 4.98 Å². The van der Waals surface area contributed by atoms with Crippen molar-refractivity contribution in [3.05, 3.63) is 51.7 Å². The van der Waals surface area contributed by atoms with Crippen molar-refractivity contribution in [1.29, 1.82) is 0 Å². The van der Waals surface area contributed by atoms with Crippen LogP contribution in [0, 0.1) is 12.7 Å². The van der Waals surface area contributed by atoms with Crippen molar-refractivity contribution in [3.63, 3.8) is 0 Å². The molecule has 0 aliphatic carbocycles. The predicted molar refractivity (Wildman–Crippen MR) is 68.8 cm³/mol. The van der Waals surface area contributed by atoms with Crippen LogP contribution in [0.15, 0.2) is 29.9 Å². The highest BCUT2D eigenvalue weighted by Gasteiger charge is 2.15. The van der Waals surface area contributed by atoms with Crippen molar-refractivity contribution in [3.8, 4) is 0 Å². The summed E-state index contributed by atoms with van der Waals surface area (Å²) in [5.41, 5.74) is 3.41. The number of aryl methyl sites for hydroxylation is 1. The van der Waals surface area contributed by atoms with E-state index >= 15 is 0 Å². The van der Waals surface area contributed by atoms with E-state index in [1.54, 1.807) is 29.8 Å². The Balaban J connectivity index is 2.35. The smallest absolute Gasteiger partial charge is 0.126 e. The van der Waals surface area contributed by atoms with E-state index in [1.165, 1.54) is 0 Å². The number of nitrogens with one attached hydrogen (secondary N) is 1. The SMILES string of the molecule is CCNC(c1ccc(C)c(F)c1)c1cncs1. The predicted octanol–water partition coefficient (Wildman–Crippen LogP) is 3.29. The minimum atomic E-state index is -0.157. The zero-order valence-electron chi connectivity index (χ0n) is 9.90. The van der Waals surface area contributed by atoms with Gasteiger partial charge in [-0.05, 0) is 30.7 Å². The van der Waals surface area contributed by atoms with Crippen LogP contribution in [0.1, 0.15) is 29.0 Å². The van der Waals surface area contributed by atoms with E-state index in [0.29, 0.717) is 5.56 Å². The monoisotopic (exact) mass is 250 g/mol. The Morgan fingerprint density at radius 3 is 2.88 bits per heavy atom. The molecule has 0 radical (unpaired) electrons. The molecule has 0 amide bonds. The van der Waals surface area contributed by atoms with Crippen LogP contribution in [-0.2, 0) is 0 Å². The molecule has 90 valence electrons. The third-order valence-corrected chi connectivity index (χ3v) is 3.51. The van der Waals surface area contributed by atoms with Crippen molar-refractivity contribution in [2.45, 2.75) is 19.9 Å². The molecule has 0 aliphatic heterocycles. The highest BCUT2D eigenvalue weighted by molar-refractivity contribution is 7.09. The Morgan fingerprint density at radius 2 is 2.29 bits per heavy atom. The second-order valence-electron chi connectivity index (χ2n) is 3.90. The first-order valence-electron chi connectivity index (χ1n) is 5.60. The van der Waals surface area contributed by atoms with Crippen LogP contribution >= 0.6 is 11.3 Å². The second-order valence-corrected chi connectivity index (χ2v) is 4.82. The summed E-state index contributed by atoms with van der Waals surface area (Å²) in [6.07, 6.45) is 1.83. The minimum absolute atomic E-state index is 0.0302. The zero-order valence-corrected chi connectivity index (χ0v) is 10.7. The number of thiazole rings is 1. The van der Waals surface area contributed by atoms with Gasteiger partial charge < -0.3 is 5.32 Å². The molecule has 2 rings (SSSR count). The number of hydrogen-bond donors (Lipinski definition) is 1. The summed E-state index contributed by atoms with van der Waals surface area (Å²) in [5.74, 6) is -0.157. The topological polar surface area (TPSA) is 24.9 Å². The molecule has 0 fully saturated rings. The van der Waals surface area contributed by atoms with Gasteiger partial charge in [0.15, 0.2) is 0 Å². The Bertz CT molecular complexity index is 482. The number of nitrogens with zero attached hydrogens (tertiary/aromatic N) is 1. The first-order valence-corrected chi connectivity index (χ1v) is 6.48. The van der Waals surface area contributed by atoms with E-state index in [1.807, 2.05) is 25.3 Å². The maximum Gasteiger partial charge on any atom is 0.126 e. The number of hydrogen-bond acceptors (Lipinski definition) is 3. The van der Waals surface area contributed by atoms with Gasteiger partial charge in [0.25, 0.3) is 0 Å². The third kappa shape index (κ3) is 2.70. The summed E-state index contributed by atoms with van der Waals surface area (Å²) in [4.78, 5) is 5.18. The van der Waals surface area contributed by atoms with Gasteiger partial charge in [-0.25, -0.2) is 4.39 Å². The van der Waals surface area contributed by atoms with Gasteiger partial charge in [0.2, 0.25) is 0 Å². The van der Waals surface area contributed by atoms with Crippen LogP contribution in [0.4, 0.5) is 4.39 Å². The normalized spacial score (nSPS) is 12.6. The molecule has 1 aromatic heterocycles.